The van der Waals surface area contributed by atoms with Crippen LogP contribution in [0.15, 0.2) is 24.3 Å². The summed E-state index contributed by atoms with van der Waals surface area (Å²) in [5.74, 6) is -0.479. The number of carboxylic acids is 1. The van der Waals surface area contributed by atoms with E-state index < -0.39 is 5.97 Å². The van der Waals surface area contributed by atoms with E-state index in [1.807, 2.05) is 25.1 Å². The molecule has 1 fully saturated rings. The van der Waals surface area contributed by atoms with E-state index in [1.54, 1.807) is 0 Å². The van der Waals surface area contributed by atoms with Gasteiger partial charge < -0.3 is 10.0 Å². The minimum absolute atomic E-state index is 0.0548. The van der Waals surface area contributed by atoms with Crippen molar-refractivity contribution in [1.29, 1.82) is 0 Å². The Morgan fingerprint density at radius 3 is 2.70 bits per heavy atom. The summed E-state index contributed by atoms with van der Waals surface area (Å²) in [5.41, 5.74) is 2.30. The Morgan fingerprint density at radius 2 is 2.10 bits per heavy atom. The van der Waals surface area contributed by atoms with Gasteiger partial charge in [0.1, 0.15) is 6.54 Å². The van der Waals surface area contributed by atoms with Gasteiger partial charge in [-0.2, -0.15) is 0 Å². The van der Waals surface area contributed by atoms with Crippen molar-refractivity contribution in [3.8, 4) is 0 Å². The summed E-state index contributed by atoms with van der Waals surface area (Å²) in [6, 6.07) is 8.07. The number of hydrogen-bond donors (Lipinski definition) is 1. The predicted octanol–water partition coefficient (Wildman–Crippen LogP) is 2.25. The van der Waals surface area contributed by atoms with E-state index in [0.717, 1.165) is 18.4 Å². The largest absolute Gasteiger partial charge is 0.480 e. The average molecular weight is 275 g/mol. The Morgan fingerprint density at radius 1 is 1.35 bits per heavy atom. The highest BCUT2D eigenvalue weighted by Crippen LogP contribution is 2.29. The zero-order chi connectivity index (χ0) is 14.5. The number of carbonyl (C=O) groups excluding carboxylic acids is 1. The van der Waals surface area contributed by atoms with Crippen LogP contribution in [0.2, 0.25) is 0 Å². The third kappa shape index (κ3) is 4.68. The van der Waals surface area contributed by atoms with Gasteiger partial charge in [-0.1, -0.05) is 29.8 Å². The topological polar surface area (TPSA) is 57.6 Å². The normalized spacial score (nSPS) is 14.1. The number of benzene rings is 1. The van der Waals surface area contributed by atoms with Crippen LogP contribution in [-0.2, 0) is 16.0 Å². The fourth-order valence-electron chi connectivity index (χ4n) is 2.31. The quantitative estimate of drug-likeness (QED) is 0.830. The molecule has 2 rings (SSSR count). The molecule has 108 valence electrons. The van der Waals surface area contributed by atoms with E-state index in [9.17, 15) is 9.59 Å². The SMILES string of the molecule is Cc1cccc(CCC(=O)N(CC(=O)O)CC2CC2)c1. The van der Waals surface area contributed by atoms with Gasteiger partial charge >= 0.3 is 5.97 Å². The summed E-state index contributed by atoms with van der Waals surface area (Å²) in [6.07, 6.45) is 3.27. The second-order valence-electron chi connectivity index (χ2n) is 5.60. The molecule has 1 amide bonds. The molecule has 0 radical (unpaired) electrons. The standard InChI is InChI=1S/C16H21NO3/c1-12-3-2-4-13(9-12)7-8-15(18)17(11-16(19)20)10-14-5-6-14/h2-4,9,14H,5-8,10-11H2,1H3,(H,19,20). The first-order chi connectivity index (χ1) is 9.54. The number of nitrogens with zero attached hydrogens (tertiary/aromatic N) is 1. The molecule has 0 unspecified atom stereocenters. The van der Waals surface area contributed by atoms with Crippen molar-refractivity contribution in [2.75, 3.05) is 13.1 Å². The zero-order valence-corrected chi connectivity index (χ0v) is 11.8. The number of amides is 1. The van der Waals surface area contributed by atoms with E-state index in [-0.39, 0.29) is 12.5 Å². The fraction of sp³-hybridized carbons (Fsp3) is 0.500. The molecule has 0 atom stereocenters. The summed E-state index contributed by atoms with van der Waals surface area (Å²) < 4.78 is 0. The van der Waals surface area contributed by atoms with E-state index in [1.165, 1.54) is 10.5 Å². The molecule has 0 aliphatic heterocycles. The monoisotopic (exact) mass is 275 g/mol. The van der Waals surface area contributed by atoms with Crippen LogP contribution in [0.5, 0.6) is 0 Å². The number of rotatable bonds is 7. The van der Waals surface area contributed by atoms with Gasteiger partial charge in [-0.15, -0.1) is 0 Å². The van der Waals surface area contributed by atoms with E-state index in [2.05, 4.69) is 6.07 Å². The van der Waals surface area contributed by atoms with Crippen molar-refractivity contribution in [2.24, 2.45) is 5.92 Å². The summed E-state index contributed by atoms with van der Waals surface area (Å²) in [6.45, 7) is 2.44. The minimum atomic E-state index is -0.936. The second-order valence-corrected chi connectivity index (χ2v) is 5.60. The Hall–Kier alpha value is -1.84. The maximum atomic E-state index is 12.2. The molecule has 0 bridgehead atoms. The molecule has 4 heteroatoms. The Bertz CT molecular complexity index is 494. The van der Waals surface area contributed by atoms with Crippen LogP contribution in [0.1, 0.15) is 30.4 Å². The molecule has 0 saturated heterocycles. The fourth-order valence-corrected chi connectivity index (χ4v) is 2.31. The smallest absolute Gasteiger partial charge is 0.323 e. The first kappa shape index (κ1) is 14.6. The van der Waals surface area contributed by atoms with E-state index in [4.69, 9.17) is 5.11 Å². The molecule has 0 heterocycles. The molecule has 0 aromatic heterocycles. The predicted molar refractivity (Wildman–Crippen MR) is 76.4 cm³/mol. The van der Waals surface area contributed by atoms with Crippen LogP contribution in [-0.4, -0.2) is 35.0 Å². The van der Waals surface area contributed by atoms with Crippen molar-refractivity contribution < 1.29 is 14.7 Å². The van der Waals surface area contributed by atoms with Gasteiger partial charge in [0.2, 0.25) is 5.91 Å². The minimum Gasteiger partial charge on any atom is -0.480 e. The number of aryl methyl sites for hydroxylation is 2. The van der Waals surface area contributed by atoms with E-state index in [0.29, 0.717) is 25.3 Å². The molecule has 4 nitrogen and oxygen atoms in total. The lowest BCUT2D eigenvalue weighted by atomic mass is 10.1. The lowest BCUT2D eigenvalue weighted by Gasteiger charge is -2.20. The Balaban J connectivity index is 1.88. The number of carboxylic acid groups (broad SMARTS) is 1. The second kappa shape index (κ2) is 6.55. The molecule has 1 aliphatic carbocycles. The maximum absolute atomic E-state index is 12.2. The van der Waals surface area contributed by atoms with Crippen molar-refractivity contribution in [2.45, 2.75) is 32.6 Å². The van der Waals surface area contributed by atoms with Crippen LogP contribution in [0.3, 0.4) is 0 Å². The van der Waals surface area contributed by atoms with Crippen LogP contribution in [0.4, 0.5) is 0 Å². The summed E-state index contributed by atoms with van der Waals surface area (Å²) in [5, 5.41) is 8.89. The third-order valence-corrected chi connectivity index (χ3v) is 3.56. The zero-order valence-electron chi connectivity index (χ0n) is 11.8. The Kier molecular flexibility index (Phi) is 4.77. The van der Waals surface area contributed by atoms with Crippen LogP contribution >= 0.6 is 0 Å². The molecular weight excluding hydrogens is 254 g/mol. The summed E-state index contributed by atoms with van der Waals surface area (Å²) in [7, 11) is 0. The van der Waals surface area contributed by atoms with Gasteiger partial charge in [0.25, 0.3) is 0 Å². The van der Waals surface area contributed by atoms with E-state index >= 15 is 0 Å². The third-order valence-electron chi connectivity index (χ3n) is 3.56. The molecule has 1 aromatic rings. The molecular formula is C16H21NO3. The summed E-state index contributed by atoms with van der Waals surface area (Å²) in [4.78, 5) is 24.5. The van der Waals surface area contributed by atoms with Gasteiger partial charge in [0, 0.05) is 13.0 Å². The number of hydrogen-bond acceptors (Lipinski definition) is 2. The van der Waals surface area contributed by atoms with Gasteiger partial charge in [-0.05, 0) is 37.7 Å². The van der Waals surface area contributed by atoms with Crippen molar-refractivity contribution in [1.82, 2.24) is 4.90 Å². The highest BCUT2D eigenvalue weighted by atomic mass is 16.4. The molecule has 0 spiro atoms. The van der Waals surface area contributed by atoms with Gasteiger partial charge in [0.15, 0.2) is 0 Å². The van der Waals surface area contributed by atoms with Crippen molar-refractivity contribution in [3.63, 3.8) is 0 Å². The summed E-state index contributed by atoms with van der Waals surface area (Å²) >= 11 is 0. The number of aliphatic carboxylic acids is 1. The van der Waals surface area contributed by atoms with Crippen molar-refractivity contribution in [3.05, 3.63) is 35.4 Å². The average Bonchev–Trinajstić information content (AvgIpc) is 3.19. The van der Waals surface area contributed by atoms with Crippen LogP contribution in [0, 0.1) is 12.8 Å². The highest BCUT2D eigenvalue weighted by Gasteiger charge is 2.27. The molecule has 1 N–H and O–H groups in total. The molecule has 1 saturated carbocycles. The van der Waals surface area contributed by atoms with Crippen LogP contribution < -0.4 is 0 Å². The first-order valence-electron chi connectivity index (χ1n) is 7.09. The first-order valence-corrected chi connectivity index (χ1v) is 7.09. The lowest BCUT2D eigenvalue weighted by molar-refractivity contribution is -0.144. The number of carbonyl (C=O) groups is 2. The molecule has 20 heavy (non-hydrogen) atoms. The highest BCUT2D eigenvalue weighted by molar-refractivity contribution is 5.81. The molecule has 1 aliphatic rings. The Labute approximate surface area is 119 Å². The van der Waals surface area contributed by atoms with Gasteiger partial charge in [-0.25, -0.2) is 0 Å². The lowest BCUT2D eigenvalue weighted by Crippen LogP contribution is -2.37. The maximum Gasteiger partial charge on any atom is 0.323 e. The van der Waals surface area contributed by atoms with Crippen molar-refractivity contribution >= 4 is 11.9 Å². The van der Waals surface area contributed by atoms with Gasteiger partial charge in [0.05, 0.1) is 0 Å². The van der Waals surface area contributed by atoms with Gasteiger partial charge in [-0.3, -0.25) is 9.59 Å². The molecule has 1 aromatic carbocycles. The van der Waals surface area contributed by atoms with Crippen LogP contribution in [0.25, 0.3) is 0 Å².